The highest BCUT2D eigenvalue weighted by Gasteiger charge is 2.44. The molecule has 0 spiro atoms. The first-order chi connectivity index (χ1) is 10.2. The molecule has 2 aliphatic rings. The van der Waals surface area contributed by atoms with Crippen molar-refractivity contribution in [2.75, 3.05) is 13.3 Å². The second-order valence-corrected chi connectivity index (χ2v) is 9.64. The van der Waals surface area contributed by atoms with Crippen LogP contribution in [0.1, 0.15) is 52.4 Å². The van der Waals surface area contributed by atoms with E-state index < -0.39 is 15.1 Å². The first-order valence-electron chi connectivity index (χ1n) is 8.44. The van der Waals surface area contributed by atoms with Crippen molar-refractivity contribution in [3.63, 3.8) is 0 Å². The van der Waals surface area contributed by atoms with Gasteiger partial charge < -0.3 is 10.2 Å². The summed E-state index contributed by atoms with van der Waals surface area (Å²) < 4.78 is 23.3. The molecule has 1 N–H and O–H groups in total. The molecule has 2 aliphatic carbocycles. The van der Waals surface area contributed by atoms with E-state index in [1.165, 1.54) is 43.3 Å². The molecule has 6 heteroatoms. The highest BCUT2D eigenvalue weighted by Crippen LogP contribution is 2.44. The quantitative estimate of drug-likeness (QED) is 0.842. The number of hydrogen-bond acceptors (Lipinski definition) is 3. The van der Waals surface area contributed by atoms with Crippen LogP contribution in [0.4, 0.5) is 4.79 Å². The number of hydrogen-bond donors (Lipinski definition) is 1. The Labute approximate surface area is 134 Å². The van der Waals surface area contributed by atoms with Crippen LogP contribution < -0.4 is 5.32 Å². The lowest BCUT2D eigenvalue weighted by atomic mass is 9.85. The van der Waals surface area contributed by atoms with E-state index in [1.807, 2.05) is 0 Å². The molecule has 0 radical (unpaired) electrons. The maximum absolute atomic E-state index is 12.3. The van der Waals surface area contributed by atoms with E-state index in [9.17, 15) is 13.2 Å². The van der Waals surface area contributed by atoms with Gasteiger partial charge in [-0.3, -0.25) is 0 Å². The van der Waals surface area contributed by atoms with Crippen LogP contribution in [0, 0.1) is 11.8 Å². The number of carbonyl (C=O) groups excluding carboxylic acids is 1. The topological polar surface area (TPSA) is 66.5 Å². The molecule has 0 aliphatic heterocycles. The molecule has 2 amide bonds. The Morgan fingerprint density at radius 1 is 1.18 bits per heavy atom. The van der Waals surface area contributed by atoms with Crippen molar-refractivity contribution in [2.24, 2.45) is 11.8 Å². The minimum atomic E-state index is -3.14. The Hall–Kier alpha value is -0.780. The lowest BCUT2D eigenvalue weighted by molar-refractivity contribution is 0.191. The molecule has 5 nitrogen and oxygen atoms in total. The lowest BCUT2D eigenvalue weighted by Crippen LogP contribution is -2.49. The third-order valence-electron chi connectivity index (χ3n) is 5.69. The summed E-state index contributed by atoms with van der Waals surface area (Å²) in [5, 5.41) is 2.52. The van der Waals surface area contributed by atoms with Crippen molar-refractivity contribution in [1.82, 2.24) is 10.2 Å². The molecule has 0 saturated heterocycles. The standard InChI is InChI=1S/C16H30N2O3S/c1-11(12(2)22(4,20)21)18(3)16(19)17-15-10-14(15)13-8-6-5-7-9-13/h11-15H,5-10H2,1-4H3,(H,17,19)/t11-,12+,14+,15-/m1/s1. The molecule has 22 heavy (non-hydrogen) atoms. The van der Waals surface area contributed by atoms with Gasteiger partial charge in [0.25, 0.3) is 0 Å². The molecule has 0 unspecified atom stereocenters. The third-order valence-corrected chi connectivity index (χ3v) is 7.43. The van der Waals surface area contributed by atoms with Crippen LogP contribution in [0.5, 0.6) is 0 Å². The normalized spacial score (nSPS) is 28.7. The van der Waals surface area contributed by atoms with E-state index >= 15 is 0 Å². The van der Waals surface area contributed by atoms with E-state index in [0.717, 1.165) is 12.3 Å². The predicted octanol–water partition coefficient (Wildman–Crippen LogP) is 2.42. The highest BCUT2D eigenvalue weighted by molar-refractivity contribution is 7.91. The molecular formula is C16H30N2O3S. The molecule has 128 valence electrons. The summed E-state index contributed by atoms with van der Waals surface area (Å²) in [6, 6.07) is -0.188. The van der Waals surface area contributed by atoms with E-state index in [2.05, 4.69) is 5.32 Å². The number of nitrogens with one attached hydrogen (secondary N) is 1. The molecular weight excluding hydrogens is 300 g/mol. The fourth-order valence-electron chi connectivity index (χ4n) is 3.58. The van der Waals surface area contributed by atoms with Crippen LogP contribution in [0.3, 0.4) is 0 Å². The van der Waals surface area contributed by atoms with Crippen LogP contribution >= 0.6 is 0 Å². The molecule has 4 atom stereocenters. The van der Waals surface area contributed by atoms with Gasteiger partial charge in [-0.2, -0.15) is 0 Å². The molecule has 2 fully saturated rings. The Balaban J connectivity index is 1.82. The van der Waals surface area contributed by atoms with Gasteiger partial charge in [0.2, 0.25) is 0 Å². The van der Waals surface area contributed by atoms with Gasteiger partial charge >= 0.3 is 6.03 Å². The van der Waals surface area contributed by atoms with Gasteiger partial charge in [0.1, 0.15) is 0 Å². The molecule has 0 bridgehead atoms. The highest BCUT2D eigenvalue weighted by atomic mass is 32.2. The van der Waals surface area contributed by atoms with Crippen molar-refractivity contribution in [3.8, 4) is 0 Å². The Morgan fingerprint density at radius 2 is 1.77 bits per heavy atom. The third kappa shape index (κ3) is 4.15. The summed E-state index contributed by atoms with van der Waals surface area (Å²) in [6.45, 7) is 3.45. The molecule has 2 saturated carbocycles. The first kappa shape index (κ1) is 17.6. The van der Waals surface area contributed by atoms with Gasteiger partial charge in [-0.05, 0) is 32.1 Å². The zero-order valence-electron chi connectivity index (χ0n) is 14.2. The summed E-state index contributed by atoms with van der Waals surface area (Å²) in [5.41, 5.74) is 0. The summed E-state index contributed by atoms with van der Waals surface area (Å²) in [5.74, 6) is 1.41. The Kier molecular flexibility index (Phi) is 5.41. The maximum Gasteiger partial charge on any atom is 0.317 e. The Bertz CT molecular complexity index is 500. The van der Waals surface area contributed by atoms with Gasteiger partial charge in [-0.15, -0.1) is 0 Å². The van der Waals surface area contributed by atoms with E-state index in [4.69, 9.17) is 0 Å². The van der Waals surface area contributed by atoms with Crippen LogP contribution in [0.15, 0.2) is 0 Å². The van der Waals surface area contributed by atoms with Crippen molar-refractivity contribution in [3.05, 3.63) is 0 Å². The van der Waals surface area contributed by atoms with E-state index in [-0.39, 0.29) is 12.1 Å². The smallest absolute Gasteiger partial charge is 0.317 e. The van der Waals surface area contributed by atoms with Gasteiger partial charge in [-0.25, -0.2) is 13.2 Å². The van der Waals surface area contributed by atoms with Gasteiger partial charge in [-0.1, -0.05) is 32.1 Å². The van der Waals surface area contributed by atoms with Gasteiger partial charge in [0.05, 0.1) is 5.25 Å². The summed E-state index contributed by atoms with van der Waals surface area (Å²) >= 11 is 0. The van der Waals surface area contributed by atoms with Crippen LogP contribution in [0.2, 0.25) is 0 Å². The molecule has 0 heterocycles. The van der Waals surface area contributed by atoms with Crippen LogP contribution in [-0.2, 0) is 9.84 Å². The van der Waals surface area contributed by atoms with Crippen molar-refractivity contribution < 1.29 is 13.2 Å². The monoisotopic (exact) mass is 330 g/mol. The fraction of sp³-hybridized carbons (Fsp3) is 0.938. The molecule has 0 aromatic rings. The number of urea groups is 1. The number of nitrogens with zero attached hydrogens (tertiary/aromatic N) is 1. The minimum absolute atomic E-state index is 0.147. The predicted molar refractivity (Wildman–Crippen MR) is 88.5 cm³/mol. The SMILES string of the molecule is C[C@H]([C@H](C)S(C)(=O)=O)N(C)C(=O)N[C@@H]1C[C@H]1C1CCCCC1. The minimum Gasteiger partial charge on any atom is -0.335 e. The van der Waals surface area contributed by atoms with E-state index in [1.54, 1.807) is 20.9 Å². The number of amides is 2. The van der Waals surface area contributed by atoms with Crippen molar-refractivity contribution >= 4 is 15.9 Å². The number of rotatable bonds is 5. The molecule has 0 aromatic carbocycles. The Morgan fingerprint density at radius 3 is 2.32 bits per heavy atom. The van der Waals surface area contributed by atoms with Gasteiger partial charge in [0, 0.05) is 25.4 Å². The maximum atomic E-state index is 12.3. The summed E-state index contributed by atoms with van der Waals surface area (Å²) in [7, 11) is -1.46. The molecule has 2 rings (SSSR count). The second kappa shape index (κ2) is 6.77. The summed E-state index contributed by atoms with van der Waals surface area (Å²) in [4.78, 5) is 13.8. The number of carbonyl (C=O) groups is 1. The largest absolute Gasteiger partial charge is 0.335 e. The van der Waals surface area contributed by atoms with Crippen molar-refractivity contribution in [2.45, 2.75) is 69.7 Å². The van der Waals surface area contributed by atoms with E-state index in [0.29, 0.717) is 12.0 Å². The average Bonchev–Trinajstić information content (AvgIpc) is 3.24. The zero-order chi connectivity index (χ0) is 16.5. The summed E-state index contributed by atoms with van der Waals surface area (Å²) in [6.07, 6.45) is 8.90. The second-order valence-electron chi connectivity index (χ2n) is 7.24. The van der Waals surface area contributed by atoms with Crippen LogP contribution in [0.25, 0.3) is 0 Å². The van der Waals surface area contributed by atoms with Crippen molar-refractivity contribution in [1.29, 1.82) is 0 Å². The zero-order valence-corrected chi connectivity index (χ0v) is 15.0. The van der Waals surface area contributed by atoms with Gasteiger partial charge in [0.15, 0.2) is 9.84 Å². The molecule has 0 aromatic heterocycles. The lowest BCUT2D eigenvalue weighted by Gasteiger charge is -2.29. The first-order valence-corrected chi connectivity index (χ1v) is 10.4. The number of sulfone groups is 1. The fourth-order valence-corrected chi connectivity index (χ4v) is 4.48. The average molecular weight is 330 g/mol. The van der Waals surface area contributed by atoms with Crippen LogP contribution in [-0.4, -0.2) is 50.0 Å².